The Bertz CT molecular complexity index is 929. The zero-order chi connectivity index (χ0) is 16.0. The van der Waals surface area contributed by atoms with Gasteiger partial charge in [-0.2, -0.15) is 0 Å². The molecule has 0 bridgehead atoms. The smallest absolute Gasteiger partial charge is 1.00 e. The summed E-state index contributed by atoms with van der Waals surface area (Å²) in [6.45, 7) is 4.56. The Morgan fingerprint density at radius 1 is 0.880 bits per heavy atom. The fourth-order valence-electron chi connectivity index (χ4n) is 3.70. The Kier molecular flexibility index (Phi) is 6.36. The Morgan fingerprint density at radius 3 is 2.32 bits per heavy atom. The van der Waals surface area contributed by atoms with Gasteiger partial charge in [0.05, 0.1) is 0 Å². The van der Waals surface area contributed by atoms with Crippen molar-refractivity contribution < 1.29 is 41.1 Å². The summed E-state index contributed by atoms with van der Waals surface area (Å²) in [7, 11) is 0. The van der Waals surface area contributed by atoms with E-state index in [1.54, 1.807) is 0 Å². The van der Waals surface area contributed by atoms with Crippen LogP contribution in [0.25, 0.3) is 15.3 Å². The number of hydrogen-bond acceptors (Lipinski definition) is 1. The Labute approximate surface area is 169 Å². The van der Waals surface area contributed by atoms with Crippen molar-refractivity contribution in [3.63, 3.8) is 0 Å². The average Bonchev–Trinajstić information content (AvgIpc) is 2.88. The molecule has 1 aliphatic carbocycles. The van der Waals surface area contributed by atoms with E-state index in [0.717, 1.165) is 5.52 Å². The first-order chi connectivity index (χ1) is 11.2. The van der Waals surface area contributed by atoms with Gasteiger partial charge >= 0.3 is 145 Å². The summed E-state index contributed by atoms with van der Waals surface area (Å²) >= 11 is 3.33. The molecule has 1 aliphatic rings. The topological polar surface area (TPSA) is 12.9 Å². The predicted octanol–water partition coefficient (Wildman–Crippen LogP) is -0.698. The zero-order valence-electron chi connectivity index (χ0n) is 14.0. The van der Waals surface area contributed by atoms with E-state index in [1.165, 1.54) is 32.1 Å². The van der Waals surface area contributed by atoms with Crippen molar-refractivity contribution in [1.82, 2.24) is 4.98 Å². The van der Waals surface area contributed by atoms with Gasteiger partial charge in [0.1, 0.15) is 0 Å². The minimum Gasteiger partial charge on any atom is -1.00 e. The maximum atomic E-state index is 4.68. The number of halogens is 2. The van der Waals surface area contributed by atoms with Crippen molar-refractivity contribution in [3.8, 4) is 0 Å². The monoisotopic (exact) mass is 406 g/mol. The van der Waals surface area contributed by atoms with Gasteiger partial charge < -0.3 is 24.8 Å². The van der Waals surface area contributed by atoms with Crippen molar-refractivity contribution in [2.45, 2.75) is 19.8 Å². The minimum atomic E-state index is 0. The van der Waals surface area contributed by atoms with E-state index in [-0.39, 0.29) is 24.8 Å². The molecule has 1 aromatic heterocycles. The van der Waals surface area contributed by atoms with Crippen molar-refractivity contribution in [3.05, 3.63) is 83.1 Å². The standard InChI is InChI=1S/C21H18N.2ClH.Cr/c1-14(2)19-13-16-7-3-4-10-17(16)20(19)18-11-5-8-15-9-6-12-22-21(15)18;;;/h3-12,14,20H,1-2H3;2*1H;/q;;;+2/p-2. The van der Waals surface area contributed by atoms with Crippen molar-refractivity contribution in [1.29, 1.82) is 0 Å². The van der Waals surface area contributed by atoms with Crippen LogP contribution in [-0.2, 0) is 16.3 Å². The average molecular weight is 407 g/mol. The Balaban J connectivity index is 0.00000113. The fraction of sp³-hybridized carbons (Fsp3) is 0.190. The molecule has 3 aromatic rings. The molecular weight excluding hydrogens is 389 g/mol. The molecular formula is C21H18Cl2CrN. The number of pyridine rings is 1. The number of nitrogens with zero attached hydrogens (tertiary/aromatic N) is 1. The first-order valence-electron chi connectivity index (χ1n) is 8.02. The van der Waals surface area contributed by atoms with E-state index in [4.69, 9.17) is 0 Å². The number of hydrogen-bond donors (Lipinski definition) is 0. The molecule has 0 saturated carbocycles. The summed E-state index contributed by atoms with van der Waals surface area (Å²) in [6.07, 6.45) is 1.89. The van der Waals surface area contributed by atoms with Crippen LogP contribution in [0.4, 0.5) is 0 Å². The summed E-state index contributed by atoms with van der Waals surface area (Å²) in [5, 5.41) is 1.21. The van der Waals surface area contributed by atoms with Crippen molar-refractivity contribution in [2.24, 2.45) is 5.92 Å². The minimum absolute atomic E-state index is 0. The van der Waals surface area contributed by atoms with Crippen LogP contribution >= 0.6 is 0 Å². The number of fused-ring (bicyclic) bond motifs is 2. The summed E-state index contributed by atoms with van der Waals surface area (Å²) in [5.74, 6) is 0.781. The van der Waals surface area contributed by atoms with Gasteiger partial charge in [-0.1, -0.05) is 0 Å². The SMILES string of the molecule is CC(C)C1=[C]([Cr+2])c2ccccc2C1c1cccc2cccnc12.[Cl-].[Cl-]. The molecule has 0 amide bonds. The zero-order valence-corrected chi connectivity index (χ0v) is 16.8. The van der Waals surface area contributed by atoms with Crippen LogP contribution in [0.5, 0.6) is 0 Å². The van der Waals surface area contributed by atoms with Crippen LogP contribution in [0, 0.1) is 5.92 Å². The molecule has 1 atom stereocenters. The normalized spacial score (nSPS) is 15.7. The van der Waals surface area contributed by atoms with Gasteiger partial charge in [-0.05, 0) is 0 Å². The molecule has 4 heteroatoms. The van der Waals surface area contributed by atoms with Gasteiger partial charge in [0.2, 0.25) is 0 Å². The Hall–Kier alpha value is -1.30. The van der Waals surface area contributed by atoms with E-state index >= 15 is 0 Å². The third-order valence-electron chi connectivity index (χ3n) is 4.69. The van der Waals surface area contributed by atoms with E-state index in [9.17, 15) is 0 Å². The number of aromatic nitrogens is 1. The van der Waals surface area contributed by atoms with Crippen LogP contribution in [0.1, 0.15) is 36.5 Å². The van der Waals surface area contributed by atoms with Crippen molar-refractivity contribution >= 4 is 15.3 Å². The third-order valence-corrected chi connectivity index (χ3v) is 5.40. The van der Waals surface area contributed by atoms with E-state index in [1.807, 2.05) is 12.3 Å². The van der Waals surface area contributed by atoms with Crippen molar-refractivity contribution in [2.75, 3.05) is 0 Å². The number of benzene rings is 2. The molecule has 4 rings (SSSR count). The molecule has 1 nitrogen and oxygen atoms in total. The molecule has 0 aliphatic heterocycles. The van der Waals surface area contributed by atoms with Crippen LogP contribution in [-0.4, -0.2) is 4.98 Å². The van der Waals surface area contributed by atoms with E-state index < -0.39 is 0 Å². The largest absolute Gasteiger partial charge is 1.00 e. The first-order valence-corrected chi connectivity index (χ1v) is 8.66. The molecule has 0 fully saturated rings. The van der Waals surface area contributed by atoms with Crippen LogP contribution in [0.3, 0.4) is 0 Å². The third kappa shape index (κ3) is 3.25. The summed E-state index contributed by atoms with van der Waals surface area (Å²) in [6, 6.07) is 19.4. The predicted molar refractivity (Wildman–Crippen MR) is 91.8 cm³/mol. The molecule has 127 valence electrons. The molecule has 1 heterocycles. The van der Waals surface area contributed by atoms with E-state index in [0.29, 0.717) is 11.8 Å². The number of allylic oxidation sites excluding steroid dienone is 1. The van der Waals surface area contributed by atoms with Crippen LogP contribution in [0.15, 0.2) is 66.4 Å². The number of rotatable bonds is 2. The quantitative estimate of drug-likeness (QED) is 0.548. The second-order valence-electron chi connectivity index (χ2n) is 6.38. The molecule has 1 unspecified atom stereocenters. The van der Waals surface area contributed by atoms with Gasteiger partial charge in [-0.25, -0.2) is 0 Å². The number of para-hydroxylation sites is 1. The van der Waals surface area contributed by atoms with Gasteiger partial charge in [-0.3, -0.25) is 0 Å². The summed E-state index contributed by atoms with van der Waals surface area (Å²) in [5.41, 5.74) is 6.63. The second-order valence-corrected chi connectivity index (χ2v) is 7.02. The second kappa shape index (κ2) is 7.94. The molecule has 0 saturated heterocycles. The summed E-state index contributed by atoms with van der Waals surface area (Å²) in [4.78, 5) is 4.68. The molecule has 0 N–H and O–H groups in total. The van der Waals surface area contributed by atoms with Gasteiger partial charge in [0.25, 0.3) is 0 Å². The van der Waals surface area contributed by atoms with Gasteiger partial charge in [0.15, 0.2) is 0 Å². The van der Waals surface area contributed by atoms with Gasteiger partial charge in [0, 0.05) is 0 Å². The van der Waals surface area contributed by atoms with Crippen LogP contribution < -0.4 is 24.8 Å². The molecule has 0 radical (unpaired) electrons. The van der Waals surface area contributed by atoms with Gasteiger partial charge in [-0.15, -0.1) is 0 Å². The fourth-order valence-corrected chi connectivity index (χ4v) is 4.54. The summed E-state index contributed by atoms with van der Waals surface area (Å²) < 4.78 is 1.31. The van der Waals surface area contributed by atoms with E-state index in [2.05, 4.69) is 83.7 Å². The Morgan fingerprint density at radius 2 is 1.56 bits per heavy atom. The molecule has 25 heavy (non-hydrogen) atoms. The maximum Gasteiger partial charge on any atom is -1.00 e. The molecule has 2 aromatic carbocycles. The maximum absolute atomic E-state index is 4.68. The molecule has 0 spiro atoms. The van der Waals surface area contributed by atoms with Crippen LogP contribution in [0.2, 0.25) is 0 Å². The first kappa shape index (κ1) is 20.0.